The van der Waals surface area contributed by atoms with Crippen LogP contribution in [0.4, 0.5) is 14.9 Å². The number of benzene rings is 2. The summed E-state index contributed by atoms with van der Waals surface area (Å²) in [5, 5.41) is 5.19. The second-order valence-corrected chi connectivity index (χ2v) is 7.40. The lowest BCUT2D eigenvalue weighted by Crippen LogP contribution is -2.49. The van der Waals surface area contributed by atoms with Crippen molar-refractivity contribution in [2.75, 3.05) is 18.5 Å². The SMILES string of the molecule is Cc1ccc([C@H]2NC(=O)N(CC(=O)Nc3ccc(F)c(Cl)c3)C3=C2C(=O)OC3)cc1. The van der Waals surface area contributed by atoms with E-state index >= 15 is 0 Å². The van der Waals surface area contributed by atoms with E-state index in [1.165, 1.54) is 17.0 Å². The van der Waals surface area contributed by atoms with Gasteiger partial charge in [-0.3, -0.25) is 9.69 Å². The van der Waals surface area contributed by atoms with Gasteiger partial charge in [-0.1, -0.05) is 41.4 Å². The Morgan fingerprint density at radius 2 is 2.00 bits per heavy atom. The molecule has 7 nitrogen and oxygen atoms in total. The summed E-state index contributed by atoms with van der Waals surface area (Å²) in [7, 11) is 0. The van der Waals surface area contributed by atoms with Gasteiger partial charge in [-0.15, -0.1) is 0 Å². The average molecular weight is 430 g/mol. The highest BCUT2D eigenvalue weighted by atomic mass is 35.5. The highest BCUT2D eigenvalue weighted by Crippen LogP contribution is 2.35. The molecule has 0 aromatic heterocycles. The number of rotatable bonds is 4. The quantitative estimate of drug-likeness (QED) is 0.730. The van der Waals surface area contributed by atoms with Crippen LogP contribution in [0.3, 0.4) is 0 Å². The second-order valence-electron chi connectivity index (χ2n) is 6.99. The van der Waals surface area contributed by atoms with Crippen molar-refractivity contribution in [1.82, 2.24) is 10.2 Å². The van der Waals surface area contributed by atoms with Crippen LogP contribution in [0.15, 0.2) is 53.7 Å². The molecule has 1 atom stereocenters. The number of ether oxygens (including phenoxy) is 1. The van der Waals surface area contributed by atoms with Crippen LogP contribution in [0.1, 0.15) is 17.2 Å². The summed E-state index contributed by atoms with van der Waals surface area (Å²) >= 11 is 5.72. The molecule has 2 aromatic carbocycles. The van der Waals surface area contributed by atoms with E-state index in [1.807, 2.05) is 31.2 Å². The number of esters is 1. The molecule has 2 N–H and O–H groups in total. The van der Waals surface area contributed by atoms with Crippen LogP contribution in [0.5, 0.6) is 0 Å². The lowest BCUT2D eigenvalue weighted by molar-refractivity contribution is -0.136. The van der Waals surface area contributed by atoms with Gasteiger partial charge in [-0.25, -0.2) is 14.0 Å². The van der Waals surface area contributed by atoms with Crippen molar-refractivity contribution in [3.8, 4) is 0 Å². The van der Waals surface area contributed by atoms with E-state index in [1.54, 1.807) is 0 Å². The first-order valence-corrected chi connectivity index (χ1v) is 9.51. The molecule has 2 aliphatic rings. The minimum atomic E-state index is -0.654. The minimum Gasteiger partial charge on any atom is -0.456 e. The van der Waals surface area contributed by atoms with Crippen LogP contribution in [0.2, 0.25) is 5.02 Å². The first-order chi connectivity index (χ1) is 14.3. The number of urea groups is 1. The van der Waals surface area contributed by atoms with E-state index in [-0.39, 0.29) is 23.9 Å². The molecule has 3 amide bonds. The van der Waals surface area contributed by atoms with E-state index in [4.69, 9.17) is 16.3 Å². The smallest absolute Gasteiger partial charge is 0.338 e. The summed E-state index contributed by atoms with van der Waals surface area (Å²) in [4.78, 5) is 38.7. The molecule has 9 heteroatoms. The fourth-order valence-electron chi connectivity index (χ4n) is 3.41. The predicted octanol–water partition coefficient (Wildman–Crippen LogP) is 3.30. The van der Waals surface area contributed by atoms with Gasteiger partial charge in [-0.2, -0.15) is 0 Å². The molecule has 0 aliphatic carbocycles. The van der Waals surface area contributed by atoms with Crippen molar-refractivity contribution in [1.29, 1.82) is 0 Å². The Morgan fingerprint density at radius 1 is 1.27 bits per heavy atom. The summed E-state index contributed by atoms with van der Waals surface area (Å²) in [6.45, 7) is 1.49. The van der Waals surface area contributed by atoms with E-state index in [0.717, 1.165) is 17.2 Å². The van der Waals surface area contributed by atoms with Crippen LogP contribution in [0, 0.1) is 12.7 Å². The molecule has 154 valence electrons. The van der Waals surface area contributed by atoms with Crippen LogP contribution in [0.25, 0.3) is 0 Å². The number of amides is 3. The van der Waals surface area contributed by atoms with Gasteiger partial charge in [0, 0.05) is 5.69 Å². The zero-order valence-electron chi connectivity index (χ0n) is 15.9. The van der Waals surface area contributed by atoms with E-state index < -0.39 is 29.8 Å². The van der Waals surface area contributed by atoms with Gasteiger partial charge >= 0.3 is 12.0 Å². The number of nitrogens with zero attached hydrogens (tertiary/aromatic N) is 1. The summed E-state index contributed by atoms with van der Waals surface area (Å²) in [5.41, 5.74) is 2.72. The van der Waals surface area contributed by atoms with E-state index in [2.05, 4.69) is 10.6 Å². The Morgan fingerprint density at radius 3 is 2.70 bits per heavy atom. The molecule has 0 unspecified atom stereocenters. The molecular weight excluding hydrogens is 413 g/mol. The van der Waals surface area contributed by atoms with Crippen molar-refractivity contribution in [3.63, 3.8) is 0 Å². The van der Waals surface area contributed by atoms with Gasteiger partial charge < -0.3 is 15.4 Å². The van der Waals surface area contributed by atoms with E-state index in [0.29, 0.717) is 11.3 Å². The van der Waals surface area contributed by atoms with Crippen LogP contribution in [-0.2, 0) is 14.3 Å². The number of halogens is 2. The summed E-state index contributed by atoms with van der Waals surface area (Å²) in [5.74, 6) is -1.68. The molecule has 2 aromatic rings. The van der Waals surface area contributed by atoms with Gasteiger partial charge in [0.05, 0.1) is 22.3 Å². The number of hydrogen-bond donors (Lipinski definition) is 2. The van der Waals surface area contributed by atoms with Crippen LogP contribution in [-0.4, -0.2) is 36.0 Å². The number of carbonyl (C=O) groups is 3. The largest absolute Gasteiger partial charge is 0.456 e. The molecule has 0 spiro atoms. The summed E-state index contributed by atoms with van der Waals surface area (Å²) in [6, 6.07) is 10.0. The number of nitrogens with one attached hydrogen (secondary N) is 2. The third-order valence-electron chi connectivity index (χ3n) is 4.91. The van der Waals surface area contributed by atoms with Crippen molar-refractivity contribution in [3.05, 3.63) is 75.7 Å². The lowest BCUT2D eigenvalue weighted by Gasteiger charge is -2.32. The number of anilines is 1. The highest BCUT2D eigenvalue weighted by Gasteiger charge is 2.42. The fraction of sp³-hybridized carbons (Fsp3) is 0.190. The number of aryl methyl sites for hydroxylation is 1. The van der Waals surface area contributed by atoms with Crippen LogP contribution < -0.4 is 10.6 Å². The van der Waals surface area contributed by atoms with E-state index in [9.17, 15) is 18.8 Å². The topological polar surface area (TPSA) is 87.7 Å². The molecule has 0 radical (unpaired) electrons. The highest BCUT2D eigenvalue weighted by molar-refractivity contribution is 6.31. The molecular formula is C21H17ClFN3O4. The second kappa shape index (κ2) is 7.79. The van der Waals surface area contributed by atoms with Crippen molar-refractivity contribution in [2.45, 2.75) is 13.0 Å². The van der Waals surface area contributed by atoms with Gasteiger partial charge in [-0.05, 0) is 30.7 Å². The molecule has 4 rings (SSSR count). The number of cyclic esters (lactones) is 1. The van der Waals surface area contributed by atoms with Crippen molar-refractivity contribution < 1.29 is 23.5 Å². The summed E-state index contributed by atoms with van der Waals surface area (Å²) < 4.78 is 18.4. The summed E-state index contributed by atoms with van der Waals surface area (Å²) in [6.07, 6.45) is 0. The number of hydrogen-bond acceptors (Lipinski definition) is 4. The minimum absolute atomic E-state index is 0.0976. The predicted molar refractivity (Wildman–Crippen MR) is 107 cm³/mol. The molecule has 0 saturated carbocycles. The average Bonchev–Trinajstić information content (AvgIpc) is 3.09. The van der Waals surface area contributed by atoms with Gasteiger partial charge in [0.1, 0.15) is 19.0 Å². The molecule has 2 aliphatic heterocycles. The van der Waals surface area contributed by atoms with Crippen molar-refractivity contribution >= 4 is 35.2 Å². The maximum atomic E-state index is 13.3. The lowest BCUT2D eigenvalue weighted by atomic mass is 9.95. The zero-order valence-corrected chi connectivity index (χ0v) is 16.6. The van der Waals surface area contributed by atoms with Gasteiger partial charge in [0.2, 0.25) is 5.91 Å². The van der Waals surface area contributed by atoms with Gasteiger partial charge in [0.15, 0.2) is 0 Å². The normalized spacial score (nSPS) is 18.1. The fourth-order valence-corrected chi connectivity index (χ4v) is 3.59. The maximum Gasteiger partial charge on any atom is 0.338 e. The Kier molecular flexibility index (Phi) is 5.17. The third-order valence-corrected chi connectivity index (χ3v) is 5.20. The molecule has 0 saturated heterocycles. The van der Waals surface area contributed by atoms with Gasteiger partial charge in [0.25, 0.3) is 0 Å². The number of carbonyl (C=O) groups excluding carboxylic acids is 3. The Hall–Kier alpha value is -3.39. The maximum absolute atomic E-state index is 13.3. The molecule has 0 bridgehead atoms. The zero-order chi connectivity index (χ0) is 21.4. The first kappa shape index (κ1) is 19.9. The third kappa shape index (κ3) is 3.73. The van der Waals surface area contributed by atoms with Crippen molar-refractivity contribution in [2.24, 2.45) is 0 Å². The monoisotopic (exact) mass is 429 g/mol. The Balaban J connectivity index is 1.58. The first-order valence-electron chi connectivity index (χ1n) is 9.13. The molecule has 0 fully saturated rings. The van der Waals surface area contributed by atoms with Crippen LogP contribution >= 0.6 is 11.6 Å². The standard InChI is InChI=1S/C21H17ClFN3O4/c1-11-2-4-12(5-3-11)19-18-16(10-30-20(18)28)26(21(29)25-19)9-17(27)24-13-6-7-15(23)14(22)8-13/h2-8,19H,9-10H2,1H3,(H,24,27)(H,25,29)/t19-/m1/s1. The molecule has 2 heterocycles. The Bertz CT molecular complexity index is 1080. The molecule has 30 heavy (non-hydrogen) atoms. The Labute approximate surface area is 176 Å².